The van der Waals surface area contributed by atoms with Crippen molar-refractivity contribution in [1.29, 1.82) is 0 Å². The Balaban J connectivity index is 1.18. The van der Waals surface area contributed by atoms with E-state index < -0.39 is 17.6 Å². The third-order valence-corrected chi connectivity index (χ3v) is 23.9. The molecule has 0 aromatic heterocycles. The van der Waals surface area contributed by atoms with E-state index in [2.05, 4.69) is 345 Å². The zero-order chi connectivity index (χ0) is 68.7. The minimum atomic E-state index is -1.51. The fourth-order valence-electron chi connectivity index (χ4n) is 15.7. The molecule has 0 spiro atoms. The standard InChI is InChI=1S/C94H84N4O.Pt/c1-91(2,3)77-57-78(92(4,5)6)86-68-43-35-62(36-44-68)31-32-64-39-47-70(48-40-64)88-80(94(10,11)12)58-79(93(7,8)9)87-69-45-37-63(38-46-69)30-29-61-33-41-67(42-34-61)85(77)89(86)97-59-95(81-51-49-71(53-83(81)97)65-21-15-13-16-22-65)73-25-19-27-75(55-73)99-76-28-20-26-74(56-76)96-60-98(90(87)88)84-54-72(50-52-82(84)96)66-23-17-14-18-24-66;/h13-28,33-54,57-58H,29-32H2,1-12H3;/q-2;. The van der Waals surface area contributed by atoms with Crippen LogP contribution in [0.25, 0.3) is 66.8 Å². The van der Waals surface area contributed by atoms with Crippen molar-refractivity contribution in [2.75, 3.05) is 19.6 Å². The van der Waals surface area contributed by atoms with Crippen molar-refractivity contribution in [3.63, 3.8) is 0 Å². The summed E-state index contributed by atoms with van der Waals surface area (Å²) in [6.07, 6.45) is 3.60. The molecule has 9 heterocycles. The number of anilines is 8. The van der Waals surface area contributed by atoms with E-state index in [9.17, 15) is 0 Å². The van der Waals surface area contributed by atoms with Crippen molar-refractivity contribution in [2.45, 2.75) is 130 Å². The molecule has 9 aliphatic rings. The zero-order valence-corrected chi connectivity index (χ0v) is 61.7. The minimum absolute atomic E-state index is 0.322. The van der Waals surface area contributed by atoms with E-state index >= 15 is 0 Å². The maximum atomic E-state index is 7.15. The van der Waals surface area contributed by atoms with Crippen molar-refractivity contribution in [3.8, 4) is 78.3 Å². The molecule has 16 bridgehead atoms. The van der Waals surface area contributed by atoms with Crippen LogP contribution in [0.3, 0.4) is 0 Å². The summed E-state index contributed by atoms with van der Waals surface area (Å²) in [7, 11) is 0. The Morgan fingerprint density at radius 1 is 0.280 bits per heavy atom. The molecule has 0 N–H and O–H groups in total. The van der Waals surface area contributed by atoms with Gasteiger partial charge in [0.05, 0.1) is 0 Å². The molecule has 100 heavy (non-hydrogen) atoms. The van der Waals surface area contributed by atoms with Crippen LogP contribution >= 0.6 is 0 Å². The van der Waals surface area contributed by atoms with E-state index in [-0.39, 0.29) is 21.7 Å². The first-order chi connectivity index (χ1) is 48.1. The number of rotatable bonds is 2. The molecular formula is C94H84N4OPt-2. The average molecular weight is 1480 g/mol. The van der Waals surface area contributed by atoms with Crippen LogP contribution in [0.5, 0.6) is 11.5 Å². The second kappa shape index (κ2) is 23.9. The molecule has 0 atom stereocenters. The van der Waals surface area contributed by atoms with Gasteiger partial charge in [-0.25, -0.2) is 0 Å². The van der Waals surface area contributed by atoms with Crippen LogP contribution < -0.4 is 24.3 Å². The normalized spacial score (nSPS) is 14.6. The van der Waals surface area contributed by atoms with Crippen molar-refractivity contribution < 1.29 is 22.4 Å². The van der Waals surface area contributed by atoms with Crippen LogP contribution in [0, 0.1) is 12.1 Å². The third kappa shape index (κ3) is 11.0. The van der Waals surface area contributed by atoms with Crippen LogP contribution in [-0.4, -0.2) is 8.29 Å². The molecule has 12 aromatic rings. The Hall–Kier alpha value is -9.93. The van der Waals surface area contributed by atoms with Gasteiger partial charge in [0.1, 0.15) is 0 Å². The molecule has 0 aliphatic carbocycles. The first-order valence-corrected chi connectivity index (χ1v) is 37.8. The predicted molar refractivity (Wildman–Crippen MR) is 417 cm³/mol. The molecule has 6 heteroatoms. The summed E-state index contributed by atoms with van der Waals surface area (Å²) in [5.74, 6) is 1.23. The van der Waals surface area contributed by atoms with Crippen LogP contribution in [0.1, 0.15) is 128 Å². The topological polar surface area (TPSA) is 22.2 Å². The van der Waals surface area contributed by atoms with Crippen LogP contribution in [0.2, 0.25) is 0 Å². The molecule has 9 aliphatic heterocycles. The number of hydrogen-bond acceptors (Lipinski definition) is 5. The summed E-state index contributed by atoms with van der Waals surface area (Å²) in [5, 5.41) is 0. The van der Waals surface area contributed by atoms with Crippen molar-refractivity contribution in [2.24, 2.45) is 0 Å². The number of hydrogen-bond donors (Lipinski definition) is 0. The molecule has 0 fully saturated rings. The van der Waals surface area contributed by atoms with Crippen molar-refractivity contribution in [1.82, 2.24) is 0 Å². The number of ether oxygens (including phenoxy) is 1. The molecule has 0 unspecified atom stereocenters. The molecule has 0 radical (unpaired) electrons. The summed E-state index contributed by atoms with van der Waals surface area (Å²) in [6, 6.07) is 101. The first kappa shape index (κ1) is 63.5. The summed E-state index contributed by atoms with van der Waals surface area (Å²) in [6.45, 7) is 29.1. The van der Waals surface area contributed by atoms with E-state index in [1.54, 1.807) is 0 Å². The SMILES string of the molecule is CC(C)(C)c1cc(C(C)(C)C)c2c3c1-c1ccc(cc1)CCc1ccc(cc1)-c1c(C(C)(C)C)cc(C(C)(C)C)c(c1N1[C]4=[Pt]=[C]5N(c6[c-]c(ccc6)Oc6[c-]c(ccc6)N4c4ccc(-c6ccccc6)cc41)c1ccc(-c4ccccc4)cc1N53)-c1ccc(cc1)CCc1ccc-2cc1. The monoisotopic (exact) mass is 1480 g/mol. The maximum absolute atomic E-state index is 7.15. The van der Waals surface area contributed by atoms with E-state index in [0.717, 1.165) is 90.4 Å². The third-order valence-electron chi connectivity index (χ3n) is 20.8. The van der Waals surface area contributed by atoms with E-state index in [1.165, 1.54) is 100 Å². The number of benzene rings is 12. The van der Waals surface area contributed by atoms with Crippen LogP contribution in [0.15, 0.2) is 243 Å². The van der Waals surface area contributed by atoms with Crippen LogP contribution in [0.4, 0.5) is 45.5 Å². The van der Waals surface area contributed by atoms with Gasteiger partial charge in [-0.05, 0) is 0 Å². The molecule has 0 amide bonds. The molecule has 0 saturated carbocycles. The van der Waals surface area contributed by atoms with Gasteiger partial charge in [0.15, 0.2) is 0 Å². The molecule has 12 aromatic carbocycles. The second-order valence-electron chi connectivity index (χ2n) is 31.9. The quantitative estimate of drug-likeness (QED) is 0.160. The van der Waals surface area contributed by atoms with Crippen molar-refractivity contribution in [3.05, 3.63) is 299 Å². The fraction of sp³-hybridized carbons (Fsp3) is 0.213. The van der Waals surface area contributed by atoms with Gasteiger partial charge in [0, 0.05) is 0 Å². The molecule has 498 valence electrons. The Bertz CT molecular complexity index is 4830. The van der Waals surface area contributed by atoms with Gasteiger partial charge in [0.25, 0.3) is 0 Å². The summed E-state index contributed by atoms with van der Waals surface area (Å²) in [5.41, 5.74) is 31.9. The number of fused-ring (bicyclic) bond motifs is 14. The van der Waals surface area contributed by atoms with E-state index in [0.29, 0.717) is 11.5 Å². The Labute approximate surface area is 599 Å². The molecule has 0 saturated heterocycles. The Morgan fingerprint density at radius 2 is 0.580 bits per heavy atom. The number of nitrogens with zero attached hydrogens (tertiary/aromatic N) is 4. The van der Waals surface area contributed by atoms with E-state index in [1.807, 2.05) is 12.1 Å². The predicted octanol–water partition coefficient (Wildman–Crippen LogP) is 24.3. The van der Waals surface area contributed by atoms with Gasteiger partial charge in [0.2, 0.25) is 0 Å². The van der Waals surface area contributed by atoms with Crippen molar-refractivity contribution >= 4 is 53.8 Å². The van der Waals surface area contributed by atoms with Crippen LogP contribution in [-0.2, 0) is 65.0 Å². The summed E-state index contributed by atoms with van der Waals surface area (Å²) < 4.78 is 9.46. The fourth-order valence-corrected chi connectivity index (χ4v) is 19.3. The Morgan fingerprint density at radius 3 is 0.880 bits per heavy atom. The number of aryl methyl sites for hydroxylation is 4. The van der Waals surface area contributed by atoms with Gasteiger partial charge in [-0.15, -0.1) is 0 Å². The zero-order valence-electron chi connectivity index (χ0n) is 59.4. The summed E-state index contributed by atoms with van der Waals surface area (Å²) >= 11 is -1.51. The van der Waals surface area contributed by atoms with Gasteiger partial charge >= 0.3 is 604 Å². The average Bonchev–Trinajstić information content (AvgIpc) is 1.51. The van der Waals surface area contributed by atoms with Gasteiger partial charge in [-0.1, -0.05) is 0 Å². The molecular weight excluding hydrogens is 1400 g/mol. The van der Waals surface area contributed by atoms with Gasteiger partial charge in [-0.2, -0.15) is 0 Å². The Kier molecular flexibility index (Phi) is 15.2. The molecule has 5 nitrogen and oxygen atoms in total. The first-order valence-electron chi connectivity index (χ1n) is 35.5. The van der Waals surface area contributed by atoms with E-state index in [4.69, 9.17) is 4.74 Å². The summed E-state index contributed by atoms with van der Waals surface area (Å²) in [4.78, 5) is 10.7. The second-order valence-corrected chi connectivity index (χ2v) is 34.5. The molecule has 21 rings (SSSR count). The van der Waals surface area contributed by atoms with Gasteiger partial charge in [-0.3, -0.25) is 0 Å². The van der Waals surface area contributed by atoms with Gasteiger partial charge < -0.3 is 0 Å².